The smallest absolute Gasteiger partial charge is 0.224 e. The lowest BCUT2D eigenvalue weighted by Crippen LogP contribution is -2.43. The summed E-state index contributed by atoms with van der Waals surface area (Å²) in [6.45, 7) is 3.20. The van der Waals surface area contributed by atoms with Gasteiger partial charge in [0.15, 0.2) is 0 Å². The van der Waals surface area contributed by atoms with Gasteiger partial charge in [0.1, 0.15) is 0 Å². The molecular weight excluding hydrogens is 236 g/mol. The molecule has 4 atom stereocenters. The summed E-state index contributed by atoms with van der Waals surface area (Å²) in [4.78, 5) is 12.3. The first-order valence-corrected chi connectivity index (χ1v) is 8.20. The zero-order chi connectivity index (χ0) is 13.7. The van der Waals surface area contributed by atoms with E-state index in [0.29, 0.717) is 5.92 Å². The van der Waals surface area contributed by atoms with Crippen LogP contribution in [0.4, 0.5) is 0 Å². The van der Waals surface area contributed by atoms with Crippen molar-refractivity contribution in [3.05, 3.63) is 0 Å². The third kappa shape index (κ3) is 4.48. The molecule has 3 N–H and O–H groups in total. The highest BCUT2D eigenvalue weighted by atomic mass is 16.1. The van der Waals surface area contributed by atoms with Crippen LogP contribution < -0.4 is 11.1 Å². The summed E-state index contributed by atoms with van der Waals surface area (Å²) < 4.78 is 0. The van der Waals surface area contributed by atoms with Crippen molar-refractivity contribution in [3.63, 3.8) is 0 Å². The second kappa shape index (κ2) is 7.28. The van der Waals surface area contributed by atoms with E-state index >= 15 is 0 Å². The molecule has 110 valence electrons. The maximum absolute atomic E-state index is 12.3. The molecule has 19 heavy (non-hydrogen) atoms. The minimum atomic E-state index is 0.0588. The number of amides is 1. The predicted molar refractivity (Wildman–Crippen MR) is 78.7 cm³/mol. The van der Waals surface area contributed by atoms with Crippen molar-refractivity contribution in [3.8, 4) is 0 Å². The topological polar surface area (TPSA) is 55.1 Å². The molecule has 2 fully saturated rings. The van der Waals surface area contributed by atoms with Crippen LogP contribution in [0.25, 0.3) is 0 Å². The van der Waals surface area contributed by atoms with Crippen molar-refractivity contribution >= 4 is 5.91 Å². The van der Waals surface area contributed by atoms with Gasteiger partial charge in [-0.2, -0.15) is 0 Å². The number of carbonyl (C=O) groups is 1. The second-order valence-corrected chi connectivity index (χ2v) is 6.79. The summed E-state index contributed by atoms with van der Waals surface area (Å²) in [5.74, 6) is 1.79. The minimum Gasteiger partial charge on any atom is -0.356 e. The summed E-state index contributed by atoms with van der Waals surface area (Å²) in [5.41, 5.74) is 6.15. The average molecular weight is 266 g/mol. The van der Waals surface area contributed by atoms with Crippen LogP contribution >= 0.6 is 0 Å². The highest BCUT2D eigenvalue weighted by Crippen LogP contribution is 2.28. The predicted octanol–water partition coefficient (Wildman–Crippen LogP) is 2.84. The molecule has 2 aliphatic carbocycles. The van der Waals surface area contributed by atoms with Crippen molar-refractivity contribution < 1.29 is 4.79 Å². The Morgan fingerprint density at radius 3 is 2.68 bits per heavy atom. The van der Waals surface area contributed by atoms with Gasteiger partial charge >= 0.3 is 0 Å². The molecule has 0 aromatic heterocycles. The molecule has 3 nitrogen and oxygen atoms in total. The summed E-state index contributed by atoms with van der Waals surface area (Å²) in [6.07, 6.45) is 10.8. The van der Waals surface area contributed by atoms with E-state index in [1.807, 2.05) is 0 Å². The van der Waals surface area contributed by atoms with E-state index in [1.165, 1.54) is 38.5 Å². The molecule has 2 rings (SSSR count). The maximum atomic E-state index is 12.3. The van der Waals surface area contributed by atoms with Crippen molar-refractivity contribution in [2.45, 2.75) is 70.8 Å². The van der Waals surface area contributed by atoms with Crippen LogP contribution in [-0.4, -0.2) is 18.5 Å². The van der Waals surface area contributed by atoms with E-state index in [0.717, 1.165) is 31.7 Å². The first-order chi connectivity index (χ1) is 9.16. The lowest BCUT2D eigenvalue weighted by Gasteiger charge is -2.28. The molecule has 1 amide bonds. The molecule has 0 aromatic rings. The van der Waals surface area contributed by atoms with E-state index in [4.69, 9.17) is 5.73 Å². The van der Waals surface area contributed by atoms with Crippen molar-refractivity contribution in [2.24, 2.45) is 23.5 Å². The Bertz CT molecular complexity index is 292. The quantitative estimate of drug-likeness (QED) is 0.772. The first-order valence-electron chi connectivity index (χ1n) is 8.20. The third-order valence-electron chi connectivity index (χ3n) is 5.02. The molecule has 0 aromatic carbocycles. The molecule has 0 bridgehead atoms. The Labute approximate surface area is 117 Å². The molecular formula is C16H30N2O. The summed E-state index contributed by atoms with van der Waals surface area (Å²) in [6, 6.07) is 0.0766. The van der Waals surface area contributed by atoms with Gasteiger partial charge in [-0.1, -0.05) is 39.0 Å². The molecule has 0 saturated heterocycles. The molecule has 0 aliphatic heterocycles. The van der Waals surface area contributed by atoms with E-state index in [-0.39, 0.29) is 17.9 Å². The monoisotopic (exact) mass is 266 g/mol. The molecule has 4 unspecified atom stereocenters. The molecule has 3 heteroatoms. The number of nitrogens with one attached hydrogen (secondary N) is 1. The highest BCUT2D eigenvalue weighted by molar-refractivity contribution is 5.79. The fraction of sp³-hybridized carbons (Fsp3) is 0.938. The van der Waals surface area contributed by atoms with Crippen LogP contribution in [0.5, 0.6) is 0 Å². The van der Waals surface area contributed by atoms with Crippen LogP contribution in [0.2, 0.25) is 0 Å². The maximum Gasteiger partial charge on any atom is 0.224 e. The van der Waals surface area contributed by atoms with Crippen molar-refractivity contribution in [1.29, 1.82) is 0 Å². The summed E-state index contributed by atoms with van der Waals surface area (Å²) in [7, 11) is 0. The molecule has 2 saturated carbocycles. The fourth-order valence-corrected chi connectivity index (χ4v) is 3.78. The van der Waals surface area contributed by atoms with E-state index in [2.05, 4.69) is 12.2 Å². The highest BCUT2D eigenvalue weighted by Gasteiger charge is 2.27. The average Bonchev–Trinajstić information content (AvgIpc) is 2.61. The van der Waals surface area contributed by atoms with Crippen LogP contribution in [0.1, 0.15) is 64.7 Å². The van der Waals surface area contributed by atoms with E-state index in [1.54, 1.807) is 0 Å². The van der Waals surface area contributed by atoms with Gasteiger partial charge in [0.05, 0.1) is 5.92 Å². The van der Waals surface area contributed by atoms with Crippen molar-refractivity contribution in [2.75, 3.05) is 6.54 Å². The number of hydrogen-bond donors (Lipinski definition) is 2. The normalized spacial score (nSPS) is 36.5. The van der Waals surface area contributed by atoms with Crippen molar-refractivity contribution in [1.82, 2.24) is 5.32 Å². The lowest BCUT2D eigenvalue weighted by atomic mass is 9.82. The Hall–Kier alpha value is -0.570. The summed E-state index contributed by atoms with van der Waals surface area (Å²) >= 11 is 0. The van der Waals surface area contributed by atoms with Crippen LogP contribution in [0, 0.1) is 17.8 Å². The second-order valence-electron chi connectivity index (χ2n) is 6.79. The third-order valence-corrected chi connectivity index (χ3v) is 5.02. The van der Waals surface area contributed by atoms with Crippen LogP contribution in [0.15, 0.2) is 0 Å². The van der Waals surface area contributed by atoms with E-state index in [9.17, 15) is 4.79 Å². The van der Waals surface area contributed by atoms with Gasteiger partial charge in [-0.05, 0) is 37.5 Å². The minimum absolute atomic E-state index is 0.0588. The first kappa shape index (κ1) is 14.8. The van der Waals surface area contributed by atoms with Crippen LogP contribution in [0.3, 0.4) is 0 Å². The fourth-order valence-electron chi connectivity index (χ4n) is 3.78. The largest absolute Gasteiger partial charge is 0.356 e. The lowest BCUT2D eigenvalue weighted by molar-refractivity contribution is -0.126. The Balaban J connectivity index is 1.76. The van der Waals surface area contributed by atoms with Gasteiger partial charge in [0.2, 0.25) is 5.91 Å². The molecule has 0 radical (unpaired) electrons. The SMILES string of the molecule is CC1CCCC(CNC(=O)C2CCCCCC2N)C1. The Kier molecular flexibility index (Phi) is 5.68. The Morgan fingerprint density at radius 1 is 1.11 bits per heavy atom. The van der Waals surface area contributed by atoms with Gasteiger partial charge < -0.3 is 11.1 Å². The van der Waals surface area contributed by atoms with Gasteiger partial charge in [-0.3, -0.25) is 4.79 Å². The van der Waals surface area contributed by atoms with E-state index < -0.39 is 0 Å². The molecule has 0 spiro atoms. The van der Waals surface area contributed by atoms with Gasteiger partial charge in [-0.15, -0.1) is 0 Å². The number of carbonyl (C=O) groups excluding carboxylic acids is 1. The number of rotatable bonds is 3. The van der Waals surface area contributed by atoms with Gasteiger partial charge in [-0.25, -0.2) is 0 Å². The summed E-state index contributed by atoms with van der Waals surface area (Å²) in [5, 5.41) is 3.18. The van der Waals surface area contributed by atoms with Gasteiger partial charge in [0, 0.05) is 12.6 Å². The van der Waals surface area contributed by atoms with Gasteiger partial charge in [0.25, 0.3) is 0 Å². The standard InChI is InChI=1S/C16H30N2O/c1-12-6-5-7-13(10-12)11-18-16(19)14-8-3-2-4-9-15(14)17/h12-15H,2-11,17H2,1H3,(H,18,19). The number of nitrogens with two attached hydrogens (primary N) is 1. The molecule has 2 aliphatic rings. The van der Waals surface area contributed by atoms with Crippen LogP contribution in [-0.2, 0) is 4.79 Å². The zero-order valence-electron chi connectivity index (χ0n) is 12.4. The molecule has 0 heterocycles. The number of hydrogen-bond acceptors (Lipinski definition) is 2. The zero-order valence-corrected chi connectivity index (χ0v) is 12.4. The Morgan fingerprint density at radius 2 is 1.89 bits per heavy atom.